The third-order valence-electron chi connectivity index (χ3n) is 4.71. The molecule has 30 heavy (non-hydrogen) atoms. The molecule has 0 amide bonds. The third-order valence-corrected chi connectivity index (χ3v) is 4.71. The molecule has 2 aromatic carbocycles. The molecule has 2 aliphatic heterocycles. The lowest BCUT2D eigenvalue weighted by atomic mass is 9.90. The van der Waals surface area contributed by atoms with Gasteiger partial charge in [0, 0.05) is 11.1 Å². The van der Waals surface area contributed by atoms with Gasteiger partial charge in [0.25, 0.3) is 0 Å². The molecule has 2 aliphatic rings. The van der Waals surface area contributed by atoms with E-state index >= 15 is 0 Å². The molecule has 0 aliphatic carbocycles. The average molecular weight is 404 g/mol. The van der Waals surface area contributed by atoms with E-state index < -0.39 is 11.9 Å². The van der Waals surface area contributed by atoms with E-state index in [2.05, 4.69) is 0 Å². The predicted molar refractivity (Wildman–Crippen MR) is 111 cm³/mol. The Kier molecular flexibility index (Phi) is 5.39. The molecule has 152 valence electrons. The second-order valence-corrected chi connectivity index (χ2v) is 6.53. The van der Waals surface area contributed by atoms with Gasteiger partial charge in [-0.1, -0.05) is 0 Å². The quantitative estimate of drug-likeness (QED) is 0.684. The molecule has 4 rings (SSSR count). The number of carbonyl (C=O) groups is 2. The van der Waals surface area contributed by atoms with Gasteiger partial charge >= 0.3 is 11.9 Å². The van der Waals surface area contributed by atoms with Crippen molar-refractivity contribution in [2.75, 3.05) is 13.2 Å². The summed E-state index contributed by atoms with van der Waals surface area (Å²) in [7, 11) is 0. The first-order valence-electron chi connectivity index (χ1n) is 9.66. The Morgan fingerprint density at radius 2 is 1.17 bits per heavy atom. The van der Waals surface area contributed by atoms with E-state index in [0.717, 1.165) is 22.3 Å². The number of allylic oxidation sites excluding steroid dienone is 4. The van der Waals surface area contributed by atoms with E-state index in [1.54, 1.807) is 62.8 Å². The van der Waals surface area contributed by atoms with Crippen molar-refractivity contribution in [3.05, 3.63) is 83.3 Å². The van der Waals surface area contributed by atoms with E-state index in [1.165, 1.54) is 0 Å². The van der Waals surface area contributed by atoms with Crippen molar-refractivity contribution < 1.29 is 28.5 Å². The first-order valence-corrected chi connectivity index (χ1v) is 9.66. The number of fused-ring (bicyclic) bond motifs is 2. The van der Waals surface area contributed by atoms with Crippen LogP contribution in [0.3, 0.4) is 0 Å². The fourth-order valence-electron chi connectivity index (χ4n) is 3.37. The minimum Gasteiger partial charge on any atom is -0.464 e. The second-order valence-electron chi connectivity index (χ2n) is 6.53. The molecule has 0 N–H and O–H groups in total. The van der Waals surface area contributed by atoms with Gasteiger partial charge in [0.05, 0.1) is 36.9 Å². The number of ether oxygens (including phenoxy) is 4. The lowest BCUT2D eigenvalue weighted by molar-refractivity contribution is 0.0516. The van der Waals surface area contributed by atoms with E-state index in [9.17, 15) is 9.59 Å². The minimum atomic E-state index is -0.397. The largest absolute Gasteiger partial charge is 0.464 e. The van der Waals surface area contributed by atoms with Crippen molar-refractivity contribution in [1.82, 2.24) is 0 Å². The topological polar surface area (TPSA) is 71.1 Å². The highest BCUT2D eigenvalue weighted by Gasteiger charge is 2.23. The highest BCUT2D eigenvalue weighted by molar-refractivity contribution is 6.05. The van der Waals surface area contributed by atoms with E-state index in [0.29, 0.717) is 35.8 Å². The van der Waals surface area contributed by atoms with Crippen LogP contribution in [0, 0.1) is 0 Å². The molecule has 0 unspecified atom stereocenters. The Morgan fingerprint density at radius 1 is 0.733 bits per heavy atom. The summed E-state index contributed by atoms with van der Waals surface area (Å²) in [6.45, 7) is 4.12. The summed E-state index contributed by atoms with van der Waals surface area (Å²) in [5.41, 5.74) is 4.04. The number of benzene rings is 2. The molecule has 2 aromatic rings. The normalized spacial score (nSPS) is 16.1. The summed E-state index contributed by atoms with van der Waals surface area (Å²) < 4.78 is 21.5. The summed E-state index contributed by atoms with van der Waals surface area (Å²) in [5, 5.41) is 0. The summed E-state index contributed by atoms with van der Waals surface area (Å²) >= 11 is 0. The Balaban J connectivity index is 1.85. The van der Waals surface area contributed by atoms with Crippen molar-refractivity contribution in [3.63, 3.8) is 0 Å². The van der Waals surface area contributed by atoms with Gasteiger partial charge in [-0.3, -0.25) is 0 Å². The van der Waals surface area contributed by atoms with Crippen LogP contribution in [-0.4, -0.2) is 25.2 Å². The highest BCUT2D eigenvalue weighted by Crippen LogP contribution is 2.41. The maximum absolute atomic E-state index is 12.2. The molecule has 0 saturated heterocycles. The molecular formula is C24H20O6. The van der Waals surface area contributed by atoms with E-state index in [-0.39, 0.29) is 0 Å². The molecule has 6 nitrogen and oxygen atoms in total. The number of hydrogen-bond acceptors (Lipinski definition) is 6. The van der Waals surface area contributed by atoms with Crippen LogP contribution >= 0.6 is 0 Å². The van der Waals surface area contributed by atoms with Gasteiger partial charge in [0.2, 0.25) is 0 Å². The van der Waals surface area contributed by atoms with Gasteiger partial charge in [-0.25, -0.2) is 9.59 Å². The number of esters is 2. The summed E-state index contributed by atoms with van der Waals surface area (Å²) in [5.74, 6) is 0.450. The Bertz CT molecular complexity index is 1020. The molecule has 0 saturated carbocycles. The zero-order valence-electron chi connectivity index (χ0n) is 16.6. The van der Waals surface area contributed by atoms with Crippen LogP contribution in [-0.2, 0) is 9.47 Å². The third kappa shape index (κ3) is 3.59. The van der Waals surface area contributed by atoms with Crippen molar-refractivity contribution in [3.8, 4) is 11.5 Å². The van der Waals surface area contributed by atoms with Crippen LogP contribution in [0.1, 0.15) is 45.7 Å². The smallest absolute Gasteiger partial charge is 0.338 e. The predicted octanol–water partition coefficient (Wildman–Crippen LogP) is 4.76. The second kappa shape index (κ2) is 8.29. The molecule has 6 heteroatoms. The van der Waals surface area contributed by atoms with Crippen LogP contribution in [0.5, 0.6) is 11.5 Å². The molecule has 0 bridgehead atoms. The summed E-state index contributed by atoms with van der Waals surface area (Å²) in [6, 6.07) is 10.3. The zero-order valence-corrected chi connectivity index (χ0v) is 16.6. The van der Waals surface area contributed by atoms with Crippen LogP contribution < -0.4 is 9.47 Å². The van der Waals surface area contributed by atoms with Gasteiger partial charge in [-0.05, 0) is 73.5 Å². The fraction of sp³-hybridized carbons (Fsp3) is 0.167. The van der Waals surface area contributed by atoms with E-state index in [4.69, 9.17) is 18.9 Å². The zero-order chi connectivity index (χ0) is 21.1. The average Bonchev–Trinajstić information content (AvgIpc) is 2.78. The maximum atomic E-state index is 12.2. The van der Waals surface area contributed by atoms with Gasteiger partial charge in [-0.15, -0.1) is 0 Å². The lowest BCUT2D eigenvalue weighted by Gasteiger charge is -2.22. The van der Waals surface area contributed by atoms with Gasteiger partial charge < -0.3 is 18.9 Å². The molecule has 0 radical (unpaired) electrons. The van der Waals surface area contributed by atoms with Crippen molar-refractivity contribution in [1.29, 1.82) is 0 Å². The van der Waals surface area contributed by atoms with Gasteiger partial charge in [-0.2, -0.15) is 0 Å². The molecule has 0 atom stereocenters. The first kappa shape index (κ1) is 19.5. The van der Waals surface area contributed by atoms with Crippen LogP contribution in [0.2, 0.25) is 0 Å². The molecule has 2 heterocycles. The van der Waals surface area contributed by atoms with E-state index in [1.807, 2.05) is 12.2 Å². The molecule has 0 aromatic heterocycles. The van der Waals surface area contributed by atoms with Gasteiger partial charge in [0.15, 0.2) is 0 Å². The Morgan fingerprint density at radius 3 is 1.57 bits per heavy atom. The SMILES string of the molecule is CCOC(=O)c1ccc2c(c1)C(=C1C=COc3ccc(C(=O)OCC)cc31)C=CO2. The minimum absolute atomic E-state index is 0.296. The maximum Gasteiger partial charge on any atom is 0.338 e. The monoisotopic (exact) mass is 404 g/mol. The lowest BCUT2D eigenvalue weighted by Crippen LogP contribution is -2.08. The van der Waals surface area contributed by atoms with Crippen molar-refractivity contribution in [2.24, 2.45) is 0 Å². The molecule has 0 fully saturated rings. The number of carbonyl (C=O) groups excluding carboxylic acids is 2. The molecule has 0 spiro atoms. The summed E-state index contributed by atoms with van der Waals surface area (Å²) in [4.78, 5) is 24.4. The van der Waals surface area contributed by atoms with Crippen LogP contribution in [0.4, 0.5) is 0 Å². The molecular weight excluding hydrogens is 384 g/mol. The van der Waals surface area contributed by atoms with Crippen molar-refractivity contribution in [2.45, 2.75) is 13.8 Å². The highest BCUT2D eigenvalue weighted by atomic mass is 16.5. The van der Waals surface area contributed by atoms with Crippen molar-refractivity contribution >= 4 is 23.1 Å². The Labute approximate surface area is 174 Å². The summed E-state index contributed by atoms with van der Waals surface area (Å²) in [6.07, 6.45) is 6.83. The standard InChI is InChI=1S/C24H20O6/c1-3-27-23(25)15-5-7-21-19(13-15)17(9-11-29-21)18-10-12-30-22-8-6-16(14-20(18)22)24(26)28-4-2/h5-14H,3-4H2,1-2H3. The van der Waals surface area contributed by atoms with Crippen LogP contribution in [0.15, 0.2) is 61.1 Å². The van der Waals surface area contributed by atoms with Gasteiger partial charge in [0.1, 0.15) is 11.5 Å². The fourth-order valence-corrected chi connectivity index (χ4v) is 3.37. The Hall–Kier alpha value is -3.80. The number of hydrogen-bond donors (Lipinski definition) is 0. The number of rotatable bonds is 4. The van der Waals surface area contributed by atoms with Crippen LogP contribution in [0.25, 0.3) is 11.1 Å². The first-order chi connectivity index (χ1) is 14.6.